The highest BCUT2D eigenvalue weighted by atomic mass is 16.6. The van der Waals surface area contributed by atoms with Crippen molar-refractivity contribution in [3.8, 4) is 6.07 Å². The third-order valence-electron chi connectivity index (χ3n) is 7.72. The number of amides is 3. The van der Waals surface area contributed by atoms with Crippen molar-refractivity contribution in [3.05, 3.63) is 35.4 Å². The predicted octanol–water partition coefficient (Wildman–Crippen LogP) is 2.38. The van der Waals surface area contributed by atoms with E-state index in [1.807, 2.05) is 23.6 Å². The van der Waals surface area contributed by atoms with E-state index >= 15 is 0 Å². The Morgan fingerprint density at radius 3 is 2.41 bits per heavy atom. The van der Waals surface area contributed by atoms with E-state index in [1.165, 1.54) is 17.0 Å². The summed E-state index contributed by atoms with van der Waals surface area (Å²) in [7, 11) is 0. The molecule has 3 fully saturated rings. The molecule has 5 unspecified atom stereocenters. The molecule has 0 aliphatic carbocycles. The minimum absolute atomic E-state index is 0.0609. The summed E-state index contributed by atoms with van der Waals surface area (Å²) in [6.07, 6.45) is 0.456. The fraction of sp³-hybridized carbons (Fsp3) is 0.607. The summed E-state index contributed by atoms with van der Waals surface area (Å²) in [6, 6.07) is 6.44. The maximum absolute atomic E-state index is 13.6. The van der Waals surface area contributed by atoms with Gasteiger partial charge in [-0.1, -0.05) is 19.1 Å². The van der Waals surface area contributed by atoms with Crippen LogP contribution in [0.3, 0.4) is 0 Å². The second kappa shape index (κ2) is 10.8. The second-order valence-corrected chi connectivity index (χ2v) is 11.9. The number of ether oxygens (including phenoxy) is 1. The lowest BCUT2D eigenvalue weighted by Crippen LogP contribution is -2.59. The van der Waals surface area contributed by atoms with Crippen LogP contribution in [0, 0.1) is 17.2 Å². The fourth-order valence-electron chi connectivity index (χ4n) is 5.95. The van der Waals surface area contributed by atoms with E-state index in [-0.39, 0.29) is 41.9 Å². The Bertz CT molecular complexity index is 1170. The normalized spacial score (nSPS) is 26.3. The Kier molecular flexibility index (Phi) is 7.89. The molecule has 3 saturated heterocycles. The van der Waals surface area contributed by atoms with Crippen molar-refractivity contribution < 1.29 is 29.0 Å². The Labute approximate surface area is 228 Å². The van der Waals surface area contributed by atoms with Crippen molar-refractivity contribution in [2.45, 2.75) is 83.3 Å². The number of benzene rings is 1. The van der Waals surface area contributed by atoms with Crippen molar-refractivity contribution in [3.63, 3.8) is 0 Å². The SMILES string of the molecule is CC1CC(C#N)N(C(=O)C(CN2C[C@@H]3CC2C(=O)N3C(C)c2ccc(C(=O)O)cc2)NC(=O)OC(C)(C)C)C1. The molecule has 3 amide bonds. The van der Waals surface area contributed by atoms with Gasteiger partial charge < -0.3 is 25.0 Å². The van der Waals surface area contributed by atoms with Crippen LogP contribution in [0.4, 0.5) is 4.79 Å². The number of likely N-dealkylation sites (tertiary alicyclic amines) is 3. The predicted molar refractivity (Wildman–Crippen MR) is 140 cm³/mol. The molecule has 3 aliphatic heterocycles. The number of carbonyl (C=O) groups excluding carboxylic acids is 3. The summed E-state index contributed by atoms with van der Waals surface area (Å²) < 4.78 is 5.41. The summed E-state index contributed by atoms with van der Waals surface area (Å²) >= 11 is 0. The number of fused-ring (bicyclic) bond motifs is 2. The van der Waals surface area contributed by atoms with Gasteiger partial charge in [0, 0.05) is 25.7 Å². The van der Waals surface area contributed by atoms with Gasteiger partial charge in [-0.3, -0.25) is 14.5 Å². The molecule has 1 aromatic rings. The summed E-state index contributed by atoms with van der Waals surface area (Å²) in [4.78, 5) is 56.2. The molecule has 210 valence electrons. The van der Waals surface area contributed by atoms with E-state index in [1.54, 1.807) is 32.9 Å². The minimum atomic E-state index is -1.00. The molecular formula is C28H37N5O6. The molecule has 3 heterocycles. The van der Waals surface area contributed by atoms with E-state index in [0.29, 0.717) is 25.9 Å². The van der Waals surface area contributed by atoms with Gasteiger partial charge in [0.2, 0.25) is 11.8 Å². The summed E-state index contributed by atoms with van der Waals surface area (Å²) in [6.45, 7) is 10.2. The molecule has 11 nitrogen and oxygen atoms in total. The summed E-state index contributed by atoms with van der Waals surface area (Å²) in [5.74, 6) is -1.25. The average Bonchev–Trinajstić information content (AvgIpc) is 3.53. The van der Waals surface area contributed by atoms with E-state index in [9.17, 15) is 24.4 Å². The number of nitrogens with zero attached hydrogens (tertiary/aromatic N) is 4. The number of rotatable bonds is 7. The van der Waals surface area contributed by atoms with Crippen molar-refractivity contribution in [1.29, 1.82) is 5.26 Å². The van der Waals surface area contributed by atoms with Crippen molar-refractivity contribution in [2.75, 3.05) is 19.6 Å². The Hall–Kier alpha value is -3.65. The van der Waals surface area contributed by atoms with E-state index in [0.717, 1.165) is 5.56 Å². The number of hydrogen-bond donors (Lipinski definition) is 2. The van der Waals surface area contributed by atoms with Crippen LogP contribution in [0.5, 0.6) is 0 Å². The zero-order valence-corrected chi connectivity index (χ0v) is 23.1. The van der Waals surface area contributed by atoms with Gasteiger partial charge in [-0.25, -0.2) is 9.59 Å². The number of alkyl carbamates (subject to hydrolysis) is 1. The van der Waals surface area contributed by atoms with Gasteiger partial charge in [0.05, 0.1) is 23.7 Å². The van der Waals surface area contributed by atoms with E-state index in [4.69, 9.17) is 9.84 Å². The molecule has 4 rings (SSSR count). The Balaban J connectivity index is 1.48. The third-order valence-corrected chi connectivity index (χ3v) is 7.72. The molecule has 0 saturated carbocycles. The van der Waals surface area contributed by atoms with Crippen LogP contribution in [0.15, 0.2) is 24.3 Å². The molecule has 6 atom stereocenters. The van der Waals surface area contributed by atoms with Crippen LogP contribution >= 0.6 is 0 Å². The van der Waals surface area contributed by atoms with Gasteiger partial charge in [0.25, 0.3) is 0 Å². The number of piperazine rings is 1. The molecule has 1 aromatic carbocycles. The number of nitrogens with one attached hydrogen (secondary N) is 1. The fourth-order valence-corrected chi connectivity index (χ4v) is 5.95. The largest absolute Gasteiger partial charge is 0.478 e. The first-order valence-electron chi connectivity index (χ1n) is 13.4. The Morgan fingerprint density at radius 1 is 1.18 bits per heavy atom. The number of carbonyl (C=O) groups is 4. The van der Waals surface area contributed by atoms with Crippen molar-refractivity contribution >= 4 is 23.9 Å². The first kappa shape index (κ1) is 28.4. The maximum Gasteiger partial charge on any atom is 0.408 e. The van der Waals surface area contributed by atoms with Gasteiger partial charge in [-0.05, 0) is 64.2 Å². The molecular weight excluding hydrogens is 502 g/mol. The molecule has 39 heavy (non-hydrogen) atoms. The minimum Gasteiger partial charge on any atom is -0.478 e. The van der Waals surface area contributed by atoms with Crippen molar-refractivity contribution in [1.82, 2.24) is 20.0 Å². The number of aromatic carboxylic acids is 1. The highest BCUT2D eigenvalue weighted by Gasteiger charge is 2.52. The highest BCUT2D eigenvalue weighted by Crippen LogP contribution is 2.38. The summed E-state index contributed by atoms with van der Waals surface area (Å²) in [5, 5.41) is 21.5. The van der Waals surface area contributed by atoms with Crippen LogP contribution in [0.1, 0.15) is 69.4 Å². The smallest absolute Gasteiger partial charge is 0.408 e. The average molecular weight is 540 g/mol. The van der Waals surface area contributed by atoms with E-state index in [2.05, 4.69) is 11.4 Å². The second-order valence-electron chi connectivity index (χ2n) is 11.9. The van der Waals surface area contributed by atoms with E-state index < -0.39 is 35.8 Å². The molecule has 2 bridgehead atoms. The number of carboxylic acid groups (broad SMARTS) is 1. The first-order chi connectivity index (χ1) is 18.3. The van der Waals surface area contributed by atoms with Crippen molar-refractivity contribution in [2.24, 2.45) is 5.92 Å². The molecule has 0 spiro atoms. The van der Waals surface area contributed by atoms with Gasteiger partial charge in [0.15, 0.2) is 0 Å². The number of nitriles is 1. The van der Waals surface area contributed by atoms with Gasteiger partial charge in [-0.15, -0.1) is 0 Å². The van der Waals surface area contributed by atoms with Crippen LogP contribution in [-0.4, -0.2) is 93.1 Å². The highest BCUT2D eigenvalue weighted by molar-refractivity contribution is 5.89. The monoisotopic (exact) mass is 539 g/mol. The molecule has 0 aromatic heterocycles. The molecule has 11 heteroatoms. The molecule has 0 radical (unpaired) electrons. The first-order valence-corrected chi connectivity index (χ1v) is 13.4. The third kappa shape index (κ3) is 6.01. The van der Waals surface area contributed by atoms with Gasteiger partial charge in [0.1, 0.15) is 17.7 Å². The lowest BCUT2D eigenvalue weighted by molar-refractivity contribution is -0.141. The molecule has 2 N–H and O–H groups in total. The lowest BCUT2D eigenvalue weighted by Gasteiger charge is -2.39. The quantitative estimate of drug-likeness (QED) is 0.538. The van der Waals surface area contributed by atoms with Crippen LogP contribution < -0.4 is 5.32 Å². The molecule has 3 aliphatic rings. The van der Waals surface area contributed by atoms with Gasteiger partial charge >= 0.3 is 12.1 Å². The number of hydrogen-bond acceptors (Lipinski definition) is 7. The topological polar surface area (TPSA) is 143 Å². The van der Waals surface area contributed by atoms with Crippen LogP contribution in [0.25, 0.3) is 0 Å². The maximum atomic E-state index is 13.6. The lowest BCUT2D eigenvalue weighted by atomic mass is 10.0. The summed E-state index contributed by atoms with van der Waals surface area (Å²) in [5.41, 5.74) is 0.278. The Morgan fingerprint density at radius 2 is 1.85 bits per heavy atom. The zero-order valence-electron chi connectivity index (χ0n) is 23.1. The zero-order chi connectivity index (χ0) is 28.6. The van der Waals surface area contributed by atoms with Crippen LogP contribution in [0.2, 0.25) is 0 Å². The van der Waals surface area contributed by atoms with Gasteiger partial charge in [-0.2, -0.15) is 5.26 Å². The van der Waals surface area contributed by atoms with Crippen LogP contribution in [-0.2, 0) is 14.3 Å². The number of carboxylic acids is 1. The standard InChI is InChI=1S/C28H37N5O6/c1-16-10-20(12-29)32(13-16)24(34)22(30-27(38)39-28(3,4)5)15-31-14-21-11-23(31)25(35)33(21)17(2)18-6-8-19(9-7-18)26(36)37/h6-9,16-17,20-23H,10-11,13-15H2,1-5H3,(H,30,38)(H,36,37)/t16?,17?,20?,21-,22?,23?/m0/s1.